The van der Waals surface area contributed by atoms with E-state index in [9.17, 15) is 4.79 Å². The van der Waals surface area contributed by atoms with Crippen molar-refractivity contribution in [2.24, 2.45) is 5.73 Å². The molecular formula is C15H17N3O3. The first-order valence-corrected chi connectivity index (χ1v) is 7.25. The summed E-state index contributed by atoms with van der Waals surface area (Å²) in [5, 5.41) is 0. The summed E-state index contributed by atoms with van der Waals surface area (Å²) in [7, 11) is 0. The second-order valence-electron chi connectivity index (χ2n) is 5.82. The van der Waals surface area contributed by atoms with Crippen molar-refractivity contribution in [2.45, 2.75) is 24.9 Å². The highest BCUT2D eigenvalue weighted by atomic mass is 16.5. The zero-order valence-electron chi connectivity index (χ0n) is 11.7. The predicted octanol–water partition coefficient (Wildman–Crippen LogP) is 1.69. The van der Waals surface area contributed by atoms with Crippen molar-refractivity contribution in [1.29, 1.82) is 0 Å². The van der Waals surface area contributed by atoms with E-state index in [1.54, 1.807) is 18.2 Å². The van der Waals surface area contributed by atoms with Gasteiger partial charge in [-0.2, -0.15) is 4.98 Å². The zero-order chi connectivity index (χ0) is 14.4. The smallest absolute Gasteiger partial charge is 0.298 e. The summed E-state index contributed by atoms with van der Waals surface area (Å²) in [5.41, 5.74) is 6.89. The van der Waals surface area contributed by atoms with Crippen molar-refractivity contribution in [1.82, 2.24) is 4.98 Å². The molecule has 1 aromatic heterocycles. The van der Waals surface area contributed by atoms with Gasteiger partial charge in [0.15, 0.2) is 5.58 Å². The number of nitrogens with two attached hydrogens (primary N) is 1. The average molecular weight is 287 g/mol. The third-order valence-corrected chi connectivity index (χ3v) is 4.45. The number of rotatable bonds is 2. The maximum absolute atomic E-state index is 11.5. The third kappa shape index (κ3) is 1.98. The Balaban J connectivity index is 1.70. The lowest BCUT2D eigenvalue weighted by Gasteiger charge is -2.48. The van der Waals surface area contributed by atoms with Crippen molar-refractivity contribution < 1.29 is 13.9 Å². The van der Waals surface area contributed by atoms with Gasteiger partial charge in [0.25, 0.3) is 11.9 Å². The number of hydrogen-bond donors (Lipinski definition) is 1. The number of hydrogen-bond acceptors (Lipinski definition) is 5. The van der Waals surface area contributed by atoms with Crippen LogP contribution in [0.5, 0.6) is 0 Å². The maximum atomic E-state index is 11.5. The molecule has 0 aliphatic carbocycles. The number of benzene rings is 1. The molecule has 1 unspecified atom stereocenters. The summed E-state index contributed by atoms with van der Waals surface area (Å²) in [6.45, 7) is 2.53. The monoisotopic (exact) mass is 287 g/mol. The second-order valence-corrected chi connectivity index (χ2v) is 5.82. The van der Waals surface area contributed by atoms with Gasteiger partial charge in [-0.15, -0.1) is 0 Å². The molecule has 2 aromatic rings. The minimum Gasteiger partial charge on any atom is -0.423 e. The maximum Gasteiger partial charge on any atom is 0.298 e. The molecule has 2 aliphatic heterocycles. The number of nitrogens with zero attached hydrogens (tertiary/aromatic N) is 2. The summed E-state index contributed by atoms with van der Waals surface area (Å²) in [6.07, 6.45) is 3.24. The van der Waals surface area contributed by atoms with Gasteiger partial charge in [0.1, 0.15) is 5.52 Å². The molecule has 0 radical (unpaired) electrons. The standard InChI is InChI=1S/C15H17N3O3/c16-13(19)10-3-1-4-11-12(10)17-14(21-11)18-7-2-5-15(9-18)6-8-20-15/h1,3-4H,2,5-9H2,(H2,16,19). The van der Waals surface area contributed by atoms with E-state index in [2.05, 4.69) is 9.88 Å². The zero-order valence-corrected chi connectivity index (χ0v) is 11.7. The first-order valence-electron chi connectivity index (χ1n) is 7.25. The predicted molar refractivity (Wildman–Crippen MR) is 77.3 cm³/mol. The number of anilines is 1. The molecule has 3 heterocycles. The molecule has 0 saturated carbocycles. The van der Waals surface area contributed by atoms with Crippen LogP contribution in [0.15, 0.2) is 22.6 Å². The van der Waals surface area contributed by atoms with Crippen molar-refractivity contribution in [3.63, 3.8) is 0 Å². The Morgan fingerprint density at radius 3 is 2.95 bits per heavy atom. The van der Waals surface area contributed by atoms with Crippen LogP contribution in [0.2, 0.25) is 0 Å². The van der Waals surface area contributed by atoms with E-state index in [0.29, 0.717) is 22.7 Å². The molecular weight excluding hydrogens is 270 g/mol. The van der Waals surface area contributed by atoms with Crippen molar-refractivity contribution in [2.75, 3.05) is 24.6 Å². The third-order valence-electron chi connectivity index (χ3n) is 4.45. The molecule has 2 saturated heterocycles. The van der Waals surface area contributed by atoms with Crippen LogP contribution in [-0.4, -0.2) is 36.2 Å². The van der Waals surface area contributed by atoms with Gasteiger partial charge >= 0.3 is 0 Å². The van der Waals surface area contributed by atoms with Crippen LogP contribution in [-0.2, 0) is 4.74 Å². The highest BCUT2D eigenvalue weighted by Gasteiger charge is 2.43. The summed E-state index contributed by atoms with van der Waals surface area (Å²) in [6, 6.07) is 5.78. The van der Waals surface area contributed by atoms with Gasteiger partial charge in [-0.3, -0.25) is 4.79 Å². The van der Waals surface area contributed by atoms with Gasteiger partial charge in [-0.25, -0.2) is 0 Å². The molecule has 1 aromatic carbocycles. The van der Waals surface area contributed by atoms with Gasteiger partial charge in [0, 0.05) is 13.0 Å². The lowest BCUT2D eigenvalue weighted by atomic mass is 9.86. The van der Waals surface area contributed by atoms with Crippen LogP contribution in [0.1, 0.15) is 29.6 Å². The van der Waals surface area contributed by atoms with Crippen molar-refractivity contribution >= 4 is 23.0 Å². The summed E-state index contributed by atoms with van der Waals surface area (Å²) in [5.74, 6) is -0.488. The number of carbonyl (C=O) groups excluding carboxylic acids is 1. The van der Waals surface area contributed by atoms with E-state index in [-0.39, 0.29) is 5.60 Å². The van der Waals surface area contributed by atoms with Crippen LogP contribution >= 0.6 is 0 Å². The molecule has 6 nitrogen and oxygen atoms in total. The fourth-order valence-electron chi connectivity index (χ4n) is 3.24. The molecule has 2 fully saturated rings. The number of ether oxygens (including phenoxy) is 1. The molecule has 4 rings (SSSR count). The van der Waals surface area contributed by atoms with Crippen LogP contribution < -0.4 is 10.6 Å². The van der Waals surface area contributed by atoms with Gasteiger partial charge < -0.3 is 19.8 Å². The quantitative estimate of drug-likeness (QED) is 0.909. The van der Waals surface area contributed by atoms with Crippen LogP contribution in [0.3, 0.4) is 0 Å². The van der Waals surface area contributed by atoms with Crippen molar-refractivity contribution in [3.8, 4) is 0 Å². The number of oxazole rings is 1. The Morgan fingerprint density at radius 2 is 2.24 bits per heavy atom. The van der Waals surface area contributed by atoms with Gasteiger partial charge in [-0.1, -0.05) is 6.07 Å². The van der Waals surface area contributed by atoms with Crippen molar-refractivity contribution in [3.05, 3.63) is 23.8 Å². The summed E-state index contributed by atoms with van der Waals surface area (Å²) in [4.78, 5) is 18.1. The summed E-state index contributed by atoms with van der Waals surface area (Å²) >= 11 is 0. The largest absolute Gasteiger partial charge is 0.423 e. The number of primary amides is 1. The fraction of sp³-hybridized carbons (Fsp3) is 0.467. The first-order chi connectivity index (χ1) is 10.2. The number of piperidine rings is 1. The lowest BCUT2D eigenvalue weighted by Crippen LogP contribution is -2.56. The molecule has 110 valence electrons. The lowest BCUT2D eigenvalue weighted by molar-refractivity contribution is -0.151. The average Bonchev–Trinajstić information content (AvgIpc) is 2.89. The van der Waals surface area contributed by atoms with E-state index < -0.39 is 5.91 Å². The Morgan fingerprint density at radius 1 is 1.38 bits per heavy atom. The van der Waals surface area contributed by atoms with E-state index in [1.807, 2.05) is 0 Å². The minimum absolute atomic E-state index is 0.0224. The summed E-state index contributed by atoms with van der Waals surface area (Å²) < 4.78 is 11.6. The van der Waals surface area contributed by atoms with Crippen LogP contribution in [0, 0.1) is 0 Å². The van der Waals surface area contributed by atoms with Crippen LogP contribution in [0.25, 0.3) is 11.1 Å². The number of amides is 1. The molecule has 2 aliphatic rings. The van der Waals surface area contributed by atoms with Crippen LogP contribution in [0.4, 0.5) is 6.01 Å². The number of para-hydroxylation sites is 1. The van der Waals surface area contributed by atoms with Gasteiger partial charge in [0.2, 0.25) is 0 Å². The number of carbonyl (C=O) groups is 1. The molecule has 21 heavy (non-hydrogen) atoms. The minimum atomic E-state index is -0.488. The Hall–Kier alpha value is -2.08. The topological polar surface area (TPSA) is 81.6 Å². The van der Waals surface area contributed by atoms with E-state index in [0.717, 1.165) is 39.0 Å². The Labute approximate surface area is 121 Å². The highest BCUT2D eigenvalue weighted by molar-refractivity contribution is 6.03. The Bertz CT molecular complexity index is 705. The van der Waals surface area contributed by atoms with E-state index >= 15 is 0 Å². The number of fused-ring (bicyclic) bond motifs is 1. The second kappa shape index (κ2) is 4.46. The fourth-order valence-corrected chi connectivity index (χ4v) is 3.24. The van der Waals surface area contributed by atoms with E-state index in [4.69, 9.17) is 14.9 Å². The Kier molecular flexibility index (Phi) is 2.68. The van der Waals surface area contributed by atoms with Gasteiger partial charge in [0.05, 0.1) is 24.3 Å². The SMILES string of the molecule is NC(=O)c1cccc2oc(N3CCCC4(CCO4)C3)nc12. The molecule has 6 heteroatoms. The molecule has 0 bridgehead atoms. The van der Waals surface area contributed by atoms with Gasteiger partial charge in [-0.05, 0) is 25.0 Å². The molecule has 1 spiro atoms. The molecule has 1 atom stereocenters. The molecule has 2 N–H and O–H groups in total. The normalized spacial score (nSPS) is 25.2. The number of aromatic nitrogens is 1. The molecule has 1 amide bonds. The van der Waals surface area contributed by atoms with E-state index in [1.165, 1.54) is 0 Å². The first kappa shape index (κ1) is 12.6. The highest BCUT2D eigenvalue weighted by Crippen LogP contribution is 2.37.